The summed E-state index contributed by atoms with van der Waals surface area (Å²) in [4.78, 5) is 22.5. The van der Waals surface area contributed by atoms with Crippen LogP contribution in [0.2, 0.25) is 0 Å². The van der Waals surface area contributed by atoms with E-state index in [0.29, 0.717) is 18.6 Å². The molecule has 5 heteroatoms. The van der Waals surface area contributed by atoms with Crippen molar-refractivity contribution >= 4 is 11.9 Å². The predicted octanol–water partition coefficient (Wildman–Crippen LogP) is 6.74. The van der Waals surface area contributed by atoms with Crippen molar-refractivity contribution in [2.24, 2.45) is 0 Å². The molecule has 0 aliphatic carbocycles. The molecule has 0 bridgehead atoms. The van der Waals surface area contributed by atoms with E-state index < -0.39 is 0 Å². The maximum atomic E-state index is 11.5. The Labute approximate surface area is 202 Å². The first-order valence-electron chi connectivity index (χ1n) is 12.1. The van der Waals surface area contributed by atoms with Gasteiger partial charge in [-0.2, -0.15) is 0 Å². The summed E-state index contributed by atoms with van der Waals surface area (Å²) in [5.41, 5.74) is 3.75. The van der Waals surface area contributed by atoms with Gasteiger partial charge >= 0.3 is 11.9 Å². The first kappa shape index (κ1) is 25.3. The van der Waals surface area contributed by atoms with Crippen LogP contribution in [0.25, 0.3) is 11.1 Å². The first-order chi connectivity index (χ1) is 16.6. The van der Waals surface area contributed by atoms with Crippen LogP contribution in [0.4, 0.5) is 0 Å². The van der Waals surface area contributed by atoms with Crippen molar-refractivity contribution in [1.82, 2.24) is 0 Å². The molecule has 0 radical (unpaired) electrons. The fourth-order valence-electron chi connectivity index (χ4n) is 3.89. The highest BCUT2D eigenvalue weighted by Gasteiger charge is 2.28. The predicted molar refractivity (Wildman–Crippen MR) is 133 cm³/mol. The molecule has 2 aromatic rings. The smallest absolute Gasteiger partial charge is 0.334 e. The minimum atomic E-state index is -0.342. The fraction of sp³-hybridized carbons (Fsp3) is 0.379. The van der Waals surface area contributed by atoms with Crippen LogP contribution in [0.1, 0.15) is 63.0 Å². The second-order valence-electron chi connectivity index (χ2n) is 8.54. The Hall–Kier alpha value is -3.34. The number of ether oxygens (including phenoxy) is 3. The van der Waals surface area contributed by atoms with Gasteiger partial charge in [0.25, 0.3) is 0 Å². The molecule has 1 atom stereocenters. The molecule has 1 heterocycles. The van der Waals surface area contributed by atoms with Crippen LogP contribution in [-0.2, 0) is 19.1 Å². The van der Waals surface area contributed by atoms with Crippen LogP contribution >= 0.6 is 0 Å². The molecule has 0 spiro atoms. The van der Waals surface area contributed by atoms with Gasteiger partial charge in [0.15, 0.2) is 0 Å². The van der Waals surface area contributed by atoms with Crippen LogP contribution in [0.3, 0.4) is 0 Å². The van der Waals surface area contributed by atoms with Gasteiger partial charge in [0.05, 0.1) is 13.2 Å². The maximum absolute atomic E-state index is 11.5. The molecule has 1 aliphatic heterocycles. The summed E-state index contributed by atoms with van der Waals surface area (Å²) in [7, 11) is 0. The van der Waals surface area contributed by atoms with E-state index in [0.717, 1.165) is 61.2 Å². The third-order valence-corrected chi connectivity index (χ3v) is 5.91. The van der Waals surface area contributed by atoms with E-state index in [1.165, 1.54) is 18.9 Å². The number of carbonyl (C=O) groups is 2. The highest BCUT2D eigenvalue weighted by molar-refractivity contribution is 5.90. The second-order valence-corrected chi connectivity index (χ2v) is 8.54. The molecular weight excluding hydrogens is 428 g/mol. The quantitative estimate of drug-likeness (QED) is 0.177. The van der Waals surface area contributed by atoms with Crippen molar-refractivity contribution in [3.8, 4) is 16.9 Å². The minimum Gasteiger partial charge on any atom is -0.494 e. The molecule has 5 nitrogen and oxygen atoms in total. The third kappa shape index (κ3) is 7.91. The number of carbonyl (C=O) groups excluding carboxylic acids is 2. The van der Waals surface area contributed by atoms with Crippen LogP contribution in [0.15, 0.2) is 73.3 Å². The van der Waals surface area contributed by atoms with Gasteiger partial charge in [-0.1, -0.05) is 81.7 Å². The summed E-state index contributed by atoms with van der Waals surface area (Å²) in [6.45, 7) is 8.32. The molecule has 1 unspecified atom stereocenters. The molecule has 0 saturated carbocycles. The van der Waals surface area contributed by atoms with Crippen molar-refractivity contribution in [2.45, 2.75) is 57.5 Å². The molecule has 1 aliphatic rings. The van der Waals surface area contributed by atoms with Gasteiger partial charge < -0.3 is 14.2 Å². The summed E-state index contributed by atoms with van der Waals surface area (Å²) in [5, 5.41) is 0. The van der Waals surface area contributed by atoms with Crippen molar-refractivity contribution in [1.29, 1.82) is 0 Å². The van der Waals surface area contributed by atoms with E-state index >= 15 is 0 Å². The molecular formula is C29H34O5. The Kier molecular flexibility index (Phi) is 9.96. The zero-order valence-corrected chi connectivity index (χ0v) is 19.8. The van der Waals surface area contributed by atoms with E-state index in [1.807, 2.05) is 36.4 Å². The second kappa shape index (κ2) is 13.4. The Balaban J connectivity index is 1.29. The van der Waals surface area contributed by atoms with Gasteiger partial charge in [-0.25, -0.2) is 9.59 Å². The Bertz CT molecular complexity index is 943. The normalized spacial score (nSPS) is 15.1. The van der Waals surface area contributed by atoms with Gasteiger partial charge in [0, 0.05) is 18.1 Å². The van der Waals surface area contributed by atoms with Crippen molar-refractivity contribution < 1.29 is 23.8 Å². The molecule has 1 fully saturated rings. The Morgan fingerprint density at radius 2 is 1.44 bits per heavy atom. The van der Waals surface area contributed by atoms with E-state index in [-0.39, 0.29) is 18.0 Å². The van der Waals surface area contributed by atoms with E-state index in [2.05, 4.69) is 25.3 Å². The number of cyclic esters (lactones) is 1. The SMILES string of the molecule is C=CC(=O)OCCCCCCCCCOc1ccc(-c2ccc(C3CC(=C)C(=O)O3)cc2)cc1. The van der Waals surface area contributed by atoms with Crippen LogP contribution in [0.5, 0.6) is 5.75 Å². The molecule has 0 amide bonds. The zero-order chi connectivity index (χ0) is 24.2. The summed E-state index contributed by atoms with van der Waals surface area (Å²) in [6, 6.07) is 16.3. The van der Waals surface area contributed by atoms with E-state index in [4.69, 9.17) is 14.2 Å². The summed E-state index contributed by atoms with van der Waals surface area (Å²) >= 11 is 0. The van der Waals surface area contributed by atoms with Crippen LogP contribution < -0.4 is 4.74 Å². The standard InChI is InChI=1S/C29H34O5/c1-3-28(30)33-20-10-8-6-4-5-7-9-19-32-26-17-15-24(16-18-26)23-11-13-25(14-12-23)27-21-22(2)29(31)34-27/h3,11-18,27H,1-2,4-10,19-21H2. The van der Waals surface area contributed by atoms with Gasteiger partial charge in [-0.3, -0.25) is 0 Å². The van der Waals surface area contributed by atoms with Crippen molar-refractivity contribution in [3.63, 3.8) is 0 Å². The highest BCUT2D eigenvalue weighted by atomic mass is 16.6. The first-order valence-corrected chi connectivity index (χ1v) is 12.1. The fourth-order valence-corrected chi connectivity index (χ4v) is 3.89. The van der Waals surface area contributed by atoms with E-state index in [9.17, 15) is 9.59 Å². The summed E-state index contributed by atoms with van der Waals surface area (Å²) < 4.78 is 16.2. The Morgan fingerprint density at radius 3 is 2.00 bits per heavy atom. The molecule has 0 aromatic heterocycles. The number of rotatable bonds is 14. The van der Waals surface area contributed by atoms with Crippen LogP contribution in [-0.4, -0.2) is 25.2 Å². The summed E-state index contributed by atoms with van der Waals surface area (Å²) in [5.74, 6) is 0.237. The molecule has 1 saturated heterocycles. The lowest BCUT2D eigenvalue weighted by molar-refractivity contribution is -0.139. The van der Waals surface area contributed by atoms with Gasteiger partial charge in [-0.15, -0.1) is 0 Å². The van der Waals surface area contributed by atoms with E-state index in [1.54, 1.807) is 0 Å². The third-order valence-electron chi connectivity index (χ3n) is 5.91. The zero-order valence-electron chi connectivity index (χ0n) is 19.8. The Morgan fingerprint density at radius 1 is 0.882 bits per heavy atom. The molecule has 34 heavy (non-hydrogen) atoms. The number of hydrogen-bond donors (Lipinski definition) is 0. The van der Waals surface area contributed by atoms with Gasteiger partial charge in [-0.05, 0) is 41.7 Å². The number of esters is 2. The highest BCUT2D eigenvalue weighted by Crippen LogP contribution is 2.33. The lowest BCUT2D eigenvalue weighted by Crippen LogP contribution is -2.01. The monoisotopic (exact) mass is 462 g/mol. The topological polar surface area (TPSA) is 61.8 Å². The number of benzene rings is 2. The largest absolute Gasteiger partial charge is 0.494 e. The molecule has 2 aromatic carbocycles. The molecule has 180 valence electrons. The minimum absolute atomic E-state index is 0.223. The average Bonchev–Trinajstić information content (AvgIpc) is 3.20. The molecule has 0 N–H and O–H groups in total. The molecule has 3 rings (SSSR count). The lowest BCUT2D eigenvalue weighted by atomic mass is 10.00. The average molecular weight is 463 g/mol. The van der Waals surface area contributed by atoms with Crippen molar-refractivity contribution in [2.75, 3.05) is 13.2 Å². The lowest BCUT2D eigenvalue weighted by Gasteiger charge is -2.11. The number of hydrogen-bond acceptors (Lipinski definition) is 5. The van der Waals surface area contributed by atoms with Gasteiger partial charge in [0.2, 0.25) is 0 Å². The summed E-state index contributed by atoms with van der Waals surface area (Å²) in [6.07, 6.45) is 9.27. The van der Waals surface area contributed by atoms with Crippen LogP contribution in [0, 0.1) is 0 Å². The van der Waals surface area contributed by atoms with Crippen molar-refractivity contribution in [3.05, 3.63) is 78.9 Å². The number of unbranched alkanes of at least 4 members (excludes halogenated alkanes) is 6. The van der Waals surface area contributed by atoms with Gasteiger partial charge in [0.1, 0.15) is 11.9 Å². The maximum Gasteiger partial charge on any atom is 0.334 e.